The number of hydrogen-bond acceptors (Lipinski definition) is 3. The Morgan fingerprint density at radius 3 is 2.71 bits per heavy atom. The van der Waals surface area contributed by atoms with Crippen molar-refractivity contribution in [3.8, 4) is 11.5 Å². The van der Waals surface area contributed by atoms with E-state index < -0.39 is 0 Å². The van der Waals surface area contributed by atoms with E-state index >= 15 is 0 Å². The van der Waals surface area contributed by atoms with Crippen LogP contribution in [0.25, 0.3) is 0 Å². The molecule has 1 aromatic carbocycles. The van der Waals surface area contributed by atoms with Gasteiger partial charge in [0.1, 0.15) is 0 Å². The molecule has 0 bridgehead atoms. The van der Waals surface area contributed by atoms with Crippen LogP contribution < -0.4 is 10.5 Å². The molecular weight excluding hydrogens is 178 g/mol. The smallest absolute Gasteiger partial charge is 0.163 e. The minimum Gasteiger partial charge on any atom is -0.504 e. The largest absolute Gasteiger partial charge is 0.504 e. The lowest BCUT2D eigenvalue weighted by Gasteiger charge is -2.12. The number of rotatable bonds is 4. The molecule has 0 saturated carbocycles. The van der Waals surface area contributed by atoms with Crippen molar-refractivity contribution in [3.05, 3.63) is 23.3 Å². The summed E-state index contributed by atoms with van der Waals surface area (Å²) < 4.78 is 5.16. The number of hydrogen-bond donors (Lipinski definition) is 2. The molecule has 0 heterocycles. The standard InChI is InChI=1S/C11H17NO2/c1-8-5-6-10(13)11(14-2)9(8)4-3-7-12/h5-6,13H,3-4,7,12H2,1-2H3. The number of methoxy groups -OCH3 is 1. The molecule has 0 unspecified atom stereocenters. The van der Waals surface area contributed by atoms with E-state index in [-0.39, 0.29) is 5.75 Å². The van der Waals surface area contributed by atoms with Gasteiger partial charge in [0.25, 0.3) is 0 Å². The Hall–Kier alpha value is -1.22. The highest BCUT2D eigenvalue weighted by molar-refractivity contribution is 5.49. The molecule has 0 spiro atoms. The van der Waals surface area contributed by atoms with E-state index in [1.807, 2.05) is 13.0 Å². The number of aromatic hydroxyl groups is 1. The Kier molecular flexibility index (Phi) is 3.77. The number of ether oxygens (including phenoxy) is 1. The summed E-state index contributed by atoms with van der Waals surface area (Å²) in [6.07, 6.45) is 1.75. The van der Waals surface area contributed by atoms with Crippen LogP contribution >= 0.6 is 0 Å². The van der Waals surface area contributed by atoms with E-state index in [9.17, 15) is 5.11 Å². The lowest BCUT2D eigenvalue weighted by Crippen LogP contribution is -2.03. The average Bonchev–Trinajstić information content (AvgIpc) is 2.19. The second kappa shape index (κ2) is 4.86. The van der Waals surface area contributed by atoms with Gasteiger partial charge >= 0.3 is 0 Å². The van der Waals surface area contributed by atoms with Crippen molar-refractivity contribution >= 4 is 0 Å². The second-order valence-corrected chi connectivity index (χ2v) is 3.31. The molecule has 1 aromatic rings. The molecular formula is C11H17NO2. The predicted octanol–water partition coefficient (Wildman–Crippen LogP) is 1.60. The molecule has 0 aliphatic rings. The SMILES string of the molecule is COc1c(O)ccc(C)c1CCCN. The van der Waals surface area contributed by atoms with E-state index in [2.05, 4.69) is 0 Å². The van der Waals surface area contributed by atoms with E-state index in [4.69, 9.17) is 10.5 Å². The van der Waals surface area contributed by atoms with Gasteiger partial charge in [0.2, 0.25) is 0 Å². The first kappa shape index (κ1) is 10.9. The van der Waals surface area contributed by atoms with Gasteiger partial charge in [-0.15, -0.1) is 0 Å². The highest BCUT2D eigenvalue weighted by atomic mass is 16.5. The van der Waals surface area contributed by atoms with Gasteiger partial charge in [-0.2, -0.15) is 0 Å². The molecule has 14 heavy (non-hydrogen) atoms. The molecule has 3 nitrogen and oxygen atoms in total. The molecule has 0 amide bonds. The van der Waals surface area contributed by atoms with Crippen molar-refractivity contribution in [1.29, 1.82) is 0 Å². The van der Waals surface area contributed by atoms with Crippen molar-refractivity contribution in [2.24, 2.45) is 5.73 Å². The quantitative estimate of drug-likeness (QED) is 0.767. The summed E-state index contributed by atoms with van der Waals surface area (Å²) in [7, 11) is 1.57. The zero-order valence-corrected chi connectivity index (χ0v) is 8.71. The van der Waals surface area contributed by atoms with Crippen LogP contribution in [-0.2, 0) is 6.42 Å². The van der Waals surface area contributed by atoms with Crippen LogP contribution in [0.3, 0.4) is 0 Å². The molecule has 0 fully saturated rings. The fourth-order valence-electron chi connectivity index (χ4n) is 1.53. The summed E-state index contributed by atoms with van der Waals surface area (Å²) in [6, 6.07) is 3.55. The Balaban J connectivity index is 3.03. The highest BCUT2D eigenvalue weighted by Gasteiger charge is 2.10. The fourth-order valence-corrected chi connectivity index (χ4v) is 1.53. The summed E-state index contributed by atoms with van der Waals surface area (Å²) in [6.45, 7) is 2.66. The maximum atomic E-state index is 9.56. The van der Waals surface area contributed by atoms with Crippen LogP contribution in [0.2, 0.25) is 0 Å². The van der Waals surface area contributed by atoms with Crippen LogP contribution in [-0.4, -0.2) is 18.8 Å². The Morgan fingerprint density at radius 2 is 2.14 bits per heavy atom. The predicted molar refractivity (Wildman–Crippen MR) is 56.8 cm³/mol. The normalized spacial score (nSPS) is 10.2. The van der Waals surface area contributed by atoms with Gasteiger partial charge in [-0.1, -0.05) is 6.07 Å². The zero-order chi connectivity index (χ0) is 10.6. The third kappa shape index (κ3) is 2.17. The Labute approximate surface area is 84.5 Å². The minimum absolute atomic E-state index is 0.199. The molecule has 0 aliphatic carbocycles. The summed E-state index contributed by atoms with van der Waals surface area (Å²) >= 11 is 0. The van der Waals surface area contributed by atoms with Crippen LogP contribution in [0.5, 0.6) is 11.5 Å². The molecule has 3 N–H and O–H groups in total. The summed E-state index contributed by atoms with van der Waals surface area (Å²) in [5.41, 5.74) is 7.64. The van der Waals surface area contributed by atoms with E-state index in [1.165, 1.54) is 0 Å². The highest BCUT2D eigenvalue weighted by Crippen LogP contribution is 2.32. The van der Waals surface area contributed by atoms with E-state index in [1.54, 1.807) is 13.2 Å². The fraction of sp³-hybridized carbons (Fsp3) is 0.455. The van der Waals surface area contributed by atoms with Gasteiger partial charge < -0.3 is 15.6 Å². The monoisotopic (exact) mass is 195 g/mol. The molecule has 78 valence electrons. The van der Waals surface area contributed by atoms with Crippen LogP contribution in [0.15, 0.2) is 12.1 Å². The maximum Gasteiger partial charge on any atom is 0.163 e. The van der Waals surface area contributed by atoms with Crippen molar-refractivity contribution in [2.45, 2.75) is 19.8 Å². The maximum absolute atomic E-state index is 9.56. The lowest BCUT2D eigenvalue weighted by molar-refractivity contribution is 0.368. The van der Waals surface area contributed by atoms with Gasteiger partial charge in [-0.05, 0) is 37.9 Å². The molecule has 3 heteroatoms. The second-order valence-electron chi connectivity index (χ2n) is 3.31. The van der Waals surface area contributed by atoms with Crippen molar-refractivity contribution in [2.75, 3.05) is 13.7 Å². The number of nitrogens with two attached hydrogens (primary N) is 1. The Bertz CT molecular complexity index is 310. The van der Waals surface area contributed by atoms with Gasteiger partial charge in [0, 0.05) is 5.56 Å². The van der Waals surface area contributed by atoms with E-state index in [0.717, 1.165) is 24.0 Å². The van der Waals surface area contributed by atoms with Crippen molar-refractivity contribution in [1.82, 2.24) is 0 Å². The number of aryl methyl sites for hydroxylation is 1. The molecule has 0 radical (unpaired) electrons. The van der Waals surface area contributed by atoms with Crippen molar-refractivity contribution in [3.63, 3.8) is 0 Å². The summed E-state index contributed by atoms with van der Waals surface area (Å²) in [5.74, 6) is 0.781. The molecule has 0 saturated heterocycles. The zero-order valence-electron chi connectivity index (χ0n) is 8.71. The minimum atomic E-state index is 0.199. The van der Waals surface area contributed by atoms with Crippen LogP contribution in [0, 0.1) is 6.92 Å². The van der Waals surface area contributed by atoms with Gasteiger partial charge in [-0.25, -0.2) is 0 Å². The first-order valence-electron chi connectivity index (χ1n) is 4.76. The number of phenolic OH excluding ortho intramolecular Hbond substituents is 1. The summed E-state index contributed by atoms with van der Waals surface area (Å²) in [5, 5.41) is 9.56. The van der Waals surface area contributed by atoms with Crippen LogP contribution in [0.4, 0.5) is 0 Å². The summed E-state index contributed by atoms with van der Waals surface area (Å²) in [4.78, 5) is 0. The third-order valence-corrected chi connectivity index (χ3v) is 2.31. The van der Waals surface area contributed by atoms with E-state index in [0.29, 0.717) is 12.3 Å². The first-order chi connectivity index (χ1) is 6.70. The third-order valence-electron chi connectivity index (χ3n) is 2.31. The molecule has 0 aliphatic heterocycles. The average molecular weight is 195 g/mol. The molecule has 1 rings (SSSR count). The van der Waals surface area contributed by atoms with Gasteiger partial charge in [-0.3, -0.25) is 0 Å². The Morgan fingerprint density at radius 1 is 1.43 bits per heavy atom. The van der Waals surface area contributed by atoms with Gasteiger partial charge in [0.15, 0.2) is 11.5 Å². The molecule has 0 atom stereocenters. The first-order valence-corrected chi connectivity index (χ1v) is 4.76. The lowest BCUT2D eigenvalue weighted by atomic mass is 10.0. The number of phenols is 1. The van der Waals surface area contributed by atoms with Crippen molar-refractivity contribution < 1.29 is 9.84 Å². The topological polar surface area (TPSA) is 55.5 Å². The van der Waals surface area contributed by atoms with Gasteiger partial charge in [0.05, 0.1) is 7.11 Å². The molecule has 0 aromatic heterocycles. The number of benzene rings is 1. The van der Waals surface area contributed by atoms with Crippen LogP contribution in [0.1, 0.15) is 17.5 Å².